The molecule has 3 aromatic rings. The molecule has 7 nitrogen and oxygen atoms in total. The third kappa shape index (κ3) is 5.09. The van der Waals surface area contributed by atoms with Crippen molar-refractivity contribution in [2.75, 3.05) is 32.5 Å². The molecule has 0 unspecified atom stereocenters. The molecule has 0 aliphatic heterocycles. The molecule has 1 heterocycles. The minimum absolute atomic E-state index is 0.0933. The van der Waals surface area contributed by atoms with Gasteiger partial charge in [-0.25, -0.2) is 0 Å². The number of likely N-dealkylation sites (N-methyl/N-ethyl adjacent to an activating group) is 1. The predicted octanol–water partition coefficient (Wildman–Crippen LogP) is 2.62. The van der Waals surface area contributed by atoms with Gasteiger partial charge in [-0.2, -0.15) is 5.10 Å². The van der Waals surface area contributed by atoms with Gasteiger partial charge >= 0.3 is 0 Å². The first-order valence-electron chi connectivity index (χ1n) is 8.86. The molecule has 0 bridgehead atoms. The SMILES string of the molecule is CN(C)CCNC(=O)Cn1cc(NC(=O)c2cccc3cc(Cl)ccc23)cn1. The molecule has 0 spiro atoms. The van der Waals surface area contributed by atoms with Gasteiger partial charge in [0.05, 0.1) is 11.9 Å². The highest BCUT2D eigenvalue weighted by Crippen LogP contribution is 2.23. The van der Waals surface area contributed by atoms with Crippen LogP contribution in [-0.2, 0) is 11.3 Å². The second-order valence-electron chi connectivity index (χ2n) is 6.70. The third-order valence-electron chi connectivity index (χ3n) is 4.16. The van der Waals surface area contributed by atoms with E-state index in [-0.39, 0.29) is 18.4 Å². The number of aromatic nitrogens is 2. The van der Waals surface area contributed by atoms with Crippen molar-refractivity contribution in [3.05, 3.63) is 59.4 Å². The van der Waals surface area contributed by atoms with Gasteiger partial charge in [-0.05, 0) is 43.1 Å². The van der Waals surface area contributed by atoms with E-state index in [1.807, 2.05) is 43.3 Å². The summed E-state index contributed by atoms with van der Waals surface area (Å²) < 4.78 is 1.49. The number of carbonyl (C=O) groups is 2. The number of fused-ring (bicyclic) bond motifs is 1. The summed E-state index contributed by atoms with van der Waals surface area (Å²) in [6.07, 6.45) is 3.15. The maximum absolute atomic E-state index is 12.7. The van der Waals surface area contributed by atoms with Crippen molar-refractivity contribution in [2.45, 2.75) is 6.54 Å². The molecular weight excluding hydrogens is 378 g/mol. The smallest absolute Gasteiger partial charge is 0.256 e. The van der Waals surface area contributed by atoms with Crippen LogP contribution in [0.3, 0.4) is 0 Å². The molecular formula is C20H22ClN5O2. The number of nitrogens with zero attached hydrogens (tertiary/aromatic N) is 3. The molecule has 0 aliphatic rings. The summed E-state index contributed by atoms with van der Waals surface area (Å²) in [5.41, 5.74) is 1.07. The maximum Gasteiger partial charge on any atom is 0.256 e. The van der Waals surface area contributed by atoms with Crippen molar-refractivity contribution >= 4 is 39.9 Å². The lowest BCUT2D eigenvalue weighted by Crippen LogP contribution is -2.33. The highest BCUT2D eigenvalue weighted by Gasteiger charge is 2.12. The summed E-state index contributed by atoms with van der Waals surface area (Å²) in [5.74, 6) is -0.378. The van der Waals surface area contributed by atoms with Gasteiger partial charge in [-0.15, -0.1) is 0 Å². The Morgan fingerprint density at radius 1 is 1.21 bits per heavy atom. The Balaban J connectivity index is 1.64. The number of hydrogen-bond donors (Lipinski definition) is 2. The number of nitrogens with one attached hydrogen (secondary N) is 2. The number of anilines is 1. The predicted molar refractivity (Wildman–Crippen MR) is 111 cm³/mol. The Hall–Kier alpha value is -2.90. The molecule has 28 heavy (non-hydrogen) atoms. The second-order valence-corrected chi connectivity index (χ2v) is 7.14. The van der Waals surface area contributed by atoms with E-state index in [0.29, 0.717) is 22.8 Å². The first-order valence-corrected chi connectivity index (χ1v) is 9.23. The van der Waals surface area contributed by atoms with Crippen molar-refractivity contribution in [1.82, 2.24) is 20.0 Å². The summed E-state index contributed by atoms with van der Waals surface area (Å²) in [6, 6.07) is 10.9. The third-order valence-corrected chi connectivity index (χ3v) is 4.40. The standard InChI is InChI=1S/C20H22ClN5O2/c1-25(2)9-8-22-19(27)13-26-12-16(11-23-26)24-20(28)18-5-3-4-14-10-15(21)6-7-17(14)18/h3-7,10-12H,8-9,13H2,1-2H3,(H,22,27)(H,24,28). The molecule has 2 N–H and O–H groups in total. The van der Waals surface area contributed by atoms with Gasteiger partial charge in [0.25, 0.3) is 5.91 Å². The highest BCUT2D eigenvalue weighted by atomic mass is 35.5. The number of halogens is 1. The zero-order valence-electron chi connectivity index (χ0n) is 15.8. The molecule has 1 aromatic heterocycles. The van der Waals surface area contributed by atoms with Crippen molar-refractivity contribution in [1.29, 1.82) is 0 Å². The van der Waals surface area contributed by atoms with Gasteiger partial charge in [-0.1, -0.05) is 29.8 Å². The van der Waals surface area contributed by atoms with Crippen LogP contribution in [0.1, 0.15) is 10.4 Å². The van der Waals surface area contributed by atoms with Crippen molar-refractivity contribution in [3.63, 3.8) is 0 Å². The van der Waals surface area contributed by atoms with E-state index in [9.17, 15) is 9.59 Å². The summed E-state index contributed by atoms with van der Waals surface area (Å²) in [6.45, 7) is 1.43. The maximum atomic E-state index is 12.7. The van der Waals surface area contributed by atoms with Crippen molar-refractivity contribution < 1.29 is 9.59 Å². The fourth-order valence-corrected chi connectivity index (χ4v) is 2.97. The Kier molecular flexibility index (Phi) is 6.28. The van der Waals surface area contributed by atoms with E-state index in [4.69, 9.17) is 11.6 Å². The summed E-state index contributed by atoms with van der Waals surface area (Å²) in [5, 5.41) is 12.1. The number of carbonyl (C=O) groups excluding carboxylic acids is 2. The van der Waals surface area contributed by atoms with Crippen LogP contribution in [0.2, 0.25) is 5.02 Å². The second kappa shape index (κ2) is 8.86. The number of benzene rings is 2. The zero-order chi connectivity index (χ0) is 20.1. The molecule has 0 saturated heterocycles. The van der Waals surface area contributed by atoms with Crippen LogP contribution in [0, 0.1) is 0 Å². The average Bonchev–Trinajstić information content (AvgIpc) is 3.07. The molecule has 0 fully saturated rings. The van der Waals surface area contributed by atoms with Crippen LogP contribution < -0.4 is 10.6 Å². The number of rotatable bonds is 7. The fourth-order valence-electron chi connectivity index (χ4n) is 2.79. The number of amides is 2. The van der Waals surface area contributed by atoms with Crippen LogP contribution in [0.4, 0.5) is 5.69 Å². The Morgan fingerprint density at radius 2 is 2.04 bits per heavy atom. The molecule has 2 amide bonds. The van der Waals surface area contributed by atoms with Gasteiger partial charge in [-0.3, -0.25) is 14.3 Å². The van der Waals surface area contributed by atoms with Crippen LogP contribution in [0.5, 0.6) is 0 Å². The Labute approximate surface area is 168 Å². The van der Waals surface area contributed by atoms with Crippen molar-refractivity contribution in [2.24, 2.45) is 0 Å². The van der Waals surface area contributed by atoms with Crippen LogP contribution in [0.25, 0.3) is 10.8 Å². The van der Waals surface area contributed by atoms with E-state index in [1.165, 1.54) is 10.9 Å². The van der Waals surface area contributed by atoms with E-state index in [2.05, 4.69) is 15.7 Å². The lowest BCUT2D eigenvalue weighted by atomic mass is 10.0. The lowest BCUT2D eigenvalue weighted by Gasteiger charge is -2.10. The van der Waals surface area contributed by atoms with E-state index in [1.54, 1.807) is 18.3 Å². The molecule has 0 radical (unpaired) electrons. The Morgan fingerprint density at radius 3 is 2.82 bits per heavy atom. The first kappa shape index (κ1) is 19.9. The van der Waals surface area contributed by atoms with Crippen molar-refractivity contribution in [3.8, 4) is 0 Å². The molecule has 8 heteroatoms. The first-order chi connectivity index (χ1) is 13.4. The van der Waals surface area contributed by atoms with Gasteiger partial charge in [0.1, 0.15) is 6.54 Å². The summed E-state index contributed by atoms with van der Waals surface area (Å²) in [7, 11) is 3.89. The summed E-state index contributed by atoms with van der Waals surface area (Å²) >= 11 is 6.03. The van der Waals surface area contributed by atoms with E-state index < -0.39 is 0 Å². The van der Waals surface area contributed by atoms with Gasteiger partial charge in [0, 0.05) is 29.9 Å². The topological polar surface area (TPSA) is 79.3 Å². The van der Waals surface area contributed by atoms with Gasteiger partial charge < -0.3 is 15.5 Å². The molecule has 2 aromatic carbocycles. The van der Waals surface area contributed by atoms with Gasteiger partial charge in [0.15, 0.2) is 0 Å². The van der Waals surface area contributed by atoms with Crippen LogP contribution in [0.15, 0.2) is 48.8 Å². The minimum Gasteiger partial charge on any atom is -0.353 e. The lowest BCUT2D eigenvalue weighted by molar-refractivity contribution is -0.121. The quantitative estimate of drug-likeness (QED) is 0.640. The fraction of sp³-hybridized carbons (Fsp3) is 0.250. The average molecular weight is 400 g/mol. The van der Waals surface area contributed by atoms with Crippen LogP contribution >= 0.6 is 11.6 Å². The highest BCUT2D eigenvalue weighted by molar-refractivity contribution is 6.31. The normalized spacial score (nSPS) is 11.0. The summed E-state index contributed by atoms with van der Waals surface area (Å²) in [4.78, 5) is 26.6. The van der Waals surface area contributed by atoms with Crippen LogP contribution in [-0.4, -0.2) is 53.7 Å². The molecule has 0 atom stereocenters. The molecule has 0 saturated carbocycles. The van der Waals surface area contributed by atoms with E-state index >= 15 is 0 Å². The zero-order valence-corrected chi connectivity index (χ0v) is 16.5. The largest absolute Gasteiger partial charge is 0.353 e. The monoisotopic (exact) mass is 399 g/mol. The number of hydrogen-bond acceptors (Lipinski definition) is 4. The minimum atomic E-state index is -0.247. The van der Waals surface area contributed by atoms with E-state index in [0.717, 1.165) is 17.3 Å². The Bertz CT molecular complexity index is 999. The molecule has 0 aliphatic carbocycles. The van der Waals surface area contributed by atoms with Gasteiger partial charge in [0.2, 0.25) is 5.91 Å². The molecule has 146 valence electrons. The molecule has 3 rings (SSSR count).